The van der Waals surface area contributed by atoms with Gasteiger partial charge in [-0.15, -0.1) is 0 Å². The van der Waals surface area contributed by atoms with Gasteiger partial charge in [0.1, 0.15) is 0 Å². The summed E-state index contributed by atoms with van der Waals surface area (Å²) in [7, 11) is 0. The number of para-hydroxylation sites is 2. The average molecular weight is 850 g/mol. The Kier molecular flexibility index (Phi) is 8.28. The summed E-state index contributed by atoms with van der Waals surface area (Å²) < 4.78 is 2.43. The molecule has 0 aliphatic carbocycles. The van der Waals surface area contributed by atoms with E-state index < -0.39 is 0 Å². The number of hydrogen-bond acceptors (Lipinski definition) is 2. The monoisotopic (exact) mass is 849 g/mol. The van der Waals surface area contributed by atoms with Gasteiger partial charge in [0.05, 0.1) is 39.6 Å². The van der Waals surface area contributed by atoms with Crippen LogP contribution < -0.4 is 0 Å². The van der Waals surface area contributed by atoms with E-state index in [1.807, 2.05) is 6.20 Å². The maximum Gasteiger partial charge on any atom is 0.0979 e. The van der Waals surface area contributed by atoms with E-state index in [1.54, 1.807) is 0 Å². The van der Waals surface area contributed by atoms with E-state index in [0.29, 0.717) is 0 Å². The molecule has 3 heteroatoms. The van der Waals surface area contributed by atoms with Crippen LogP contribution in [0.2, 0.25) is 0 Å². The Balaban J connectivity index is 0.886. The highest BCUT2D eigenvalue weighted by Gasteiger charge is 2.19. The maximum absolute atomic E-state index is 5.32. The summed E-state index contributed by atoms with van der Waals surface area (Å²) in [6.45, 7) is 0. The van der Waals surface area contributed by atoms with E-state index in [1.165, 1.54) is 98.4 Å². The molecule has 12 aromatic carbocycles. The molecule has 0 radical (unpaired) electrons. The first-order chi connectivity index (χ1) is 33.3. The van der Waals surface area contributed by atoms with Crippen molar-refractivity contribution in [1.29, 1.82) is 0 Å². The highest BCUT2D eigenvalue weighted by atomic mass is 15.0. The molecular weight excluding hydrogens is 811 g/mol. The second-order valence-electron chi connectivity index (χ2n) is 17.6. The third-order valence-electron chi connectivity index (χ3n) is 14.0. The van der Waals surface area contributed by atoms with E-state index in [0.717, 1.165) is 38.6 Å². The predicted octanol–water partition coefficient (Wildman–Crippen LogP) is 17.2. The Morgan fingerprint density at radius 3 is 1.21 bits per heavy atom. The number of fused-ring (bicyclic) bond motifs is 12. The zero-order valence-electron chi connectivity index (χ0n) is 36.4. The lowest BCUT2D eigenvalue weighted by Crippen LogP contribution is -1.96. The van der Waals surface area contributed by atoms with E-state index in [2.05, 4.69) is 235 Å². The minimum Gasteiger partial charge on any atom is -0.309 e. The molecule has 0 N–H and O–H groups in total. The molecule has 0 saturated carbocycles. The Labute approximate surface area is 386 Å². The second kappa shape index (κ2) is 14.8. The lowest BCUT2D eigenvalue weighted by atomic mass is 9.87. The van der Waals surface area contributed by atoms with Gasteiger partial charge >= 0.3 is 0 Å². The summed E-state index contributed by atoms with van der Waals surface area (Å²) in [5.41, 5.74) is 14.6. The molecule has 0 unspecified atom stereocenters. The second-order valence-corrected chi connectivity index (χ2v) is 17.6. The Morgan fingerprint density at radius 2 is 0.657 bits per heavy atom. The fourth-order valence-electron chi connectivity index (χ4n) is 11.1. The van der Waals surface area contributed by atoms with E-state index >= 15 is 0 Å². The smallest absolute Gasteiger partial charge is 0.0979 e. The van der Waals surface area contributed by atoms with Gasteiger partial charge in [0.15, 0.2) is 0 Å². The molecule has 14 aromatic rings. The van der Waals surface area contributed by atoms with Gasteiger partial charge in [-0.25, -0.2) is 4.98 Å². The Hall–Kier alpha value is -8.92. The van der Waals surface area contributed by atoms with Crippen LogP contribution in [0.1, 0.15) is 0 Å². The van der Waals surface area contributed by atoms with Crippen LogP contribution in [0.25, 0.3) is 137 Å². The summed E-state index contributed by atoms with van der Waals surface area (Å²) in [5.74, 6) is 0. The van der Waals surface area contributed by atoms with Crippen molar-refractivity contribution >= 4 is 86.7 Å². The van der Waals surface area contributed by atoms with Crippen LogP contribution in [-0.4, -0.2) is 14.5 Å². The van der Waals surface area contributed by atoms with Crippen LogP contribution >= 0.6 is 0 Å². The molecule has 0 aliphatic heterocycles. The number of aromatic nitrogens is 3. The zero-order chi connectivity index (χ0) is 44.0. The average Bonchev–Trinajstić information content (AvgIpc) is 3.74. The molecule has 0 bridgehead atoms. The third-order valence-corrected chi connectivity index (χ3v) is 14.0. The minimum atomic E-state index is 0.858. The van der Waals surface area contributed by atoms with E-state index in [9.17, 15) is 0 Å². The van der Waals surface area contributed by atoms with Crippen molar-refractivity contribution in [3.63, 3.8) is 0 Å². The standard InChI is InChI=1S/C64H39N3/c1-2-19-44-43(18-1)42(40-16-15-17-41(38-40)59-39-65-63-57-28-9-6-23-48(57)49-24-7-10-29-58(49)64(63)66-59)32-33-50(44)51-34-35-52(46-21-4-3-20-45(46)51)53-36-37-62(54-25-8-5-22-47(53)54)67-60-30-13-11-26-55(60)56-27-12-14-31-61(56)67/h1-39H. The molecule has 3 nitrogen and oxygen atoms in total. The van der Waals surface area contributed by atoms with Crippen molar-refractivity contribution in [3.8, 4) is 50.3 Å². The highest BCUT2D eigenvalue weighted by Crippen LogP contribution is 2.44. The van der Waals surface area contributed by atoms with Gasteiger partial charge in [0.2, 0.25) is 0 Å². The summed E-state index contributed by atoms with van der Waals surface area (Å²) in [6.07, 6.45) is 1.93. The summed E-state index contributed by atoms with van der Waals surface area (Å²) in [5, 5.41) is 14.5. The lowest BCUT2D eigenvalue weighted by Gasteiger charge is -2.18. The number of nitrogens with zero attached hydrogens (tertiary/aromatic N) is 3. The molecule has 0 saturated heterocycles. The Bertz CT molecular complexity index is 4260. The molecule has 2 heterocycles. The quantitative estimate of drug-likeness (QED) is 0.162. The molecule has 2 aromatic heterocycles. The summed E-state index contributed by atoms with van der Waals surface area (Å²) >= 11 is 0. The van der Waals surface area contributed by atoms with Gasteiger partial charge in [-0.3, -0.25) is 4.98 Å². The highest BCUT2D eigenvalue weighted by molar-refractivity contribution is 6.23. The first kappa shape index (κ1) is 37.5. The minimum absolute atomic E-state index is 0.858. The molecule has 0 spiro atoms. The topological polar surface area (TPSA) is 30.7 Å². The molecular formula is C64H39N3. The first-order valence-corrected chi connectivity index (χ1v) is 23.0. The maximum atomic E-state index is 5.32. The molecule has 0 fully saturated rings. The molecule has 310 valence electrons. The van der Waals surface area contributed by atoms with Gasteiger partial charge in [-0.1, -0.05) is 206 Å². The van der Waals surface area contributed by atoms with E-state index in [-0.39, 0.29) is 0 Å². The normalized spacial score (nSPS) is 11.9. The van der Waals surface area contributed by atoms with Crippen molar-refractivity contribution < 1.29 is 0 Å². The van der Waals surface area contributed by atoms with Gasteiger partial charge < -0.3 is 4.57 Å². The molecule has 67 heavy (non-hydrogen) atoms. The number of benzene rings is 12. The molecule has 0 amide bonds. The first-order valence-electron chi connectivity index (χ1n) is 23.0. The molecule has 0 atom stereocenters. The molecule has 0 aliphatic rings. The van der Waals surface area contributed by atoms with Gasteiger partial charge in [0.25, 0.3) is 0 Å². The van der Waals surface area contributed by atoms with Crippen LogP contribution in [-0.2, 0) is 0 Å². The largest absolute Gasteiger partial charge is 0.309 e. The number of rotatable bonds is 5. The number of hydrogen-bond donors (Lipinski definition) is 0. The summed E-state index contributed by atoms with van der Waals surface area (Å²) in [6, 6.07) is 83.9. The van der Waals surface area contributed by atoms with Crippen molar-refractivity contribution in [2.75, 3.05) is 0 Å². The fraction of sp³-hybridized carbons (Fsp3) is 0. The third kappa shape index (κ3) is 5.71. The predicted molar refractivity (Wildman–Crippen MR) is 283 cm³/mol. The van der Waals surface area contributed by atoms with Crippen molar-refractivity contribution in [1.82, 2.24) is 14.5 Å². The SMILES string of the molecule is c1cc(-c2cnc3c4ccccc4c4ccccc4c3n2)cc(-c2ccc(-c3ccc(-c4ccc(-n5c6ccccc6c6ccccc65)c5ccccc45)c4ccccc34)c3ccccc23)c1. The van der Waals surface area contributed by atoms with Crippen molar-refractivity contribution in [2.45, 2.75) is 0 Å². The van der Waals surface area contributed by atoms with Gasteiger partial charge in [0, 0.05) is 32.5 Å². The summed E-state index contributed by atoms with van der Waals surface area (Å²) in [4.78, 5) is 10.4. The van der Waals surface area contributed by atoms with Gasteiger partial charge in [-0.2, -0.15) is 0 Å². The van der Waals surface area contributed by atoms with Crippen molar-refractivity contribution in [2.24, 2.45) is 0 Å². The van der Waals surface area contributed by atoms with Crippen LogP contribution in [0, 0.1) is 0 Å². The fourth-order valence-corrected chi connectivity index (χ4v) is 11.1. The van der Waals surface area contributed by atoms with Crippen LogP contribution in [0.3, 0.4) is 0 Å². The van der Waals surface area contributed by atoms with Crippen LogP contribution in [0.15, 0.2) is 237 Å². The Morgan fingerprint density at radius 1 is 0.269 bits per heavy atom. The van der Waals surface area contributed by atoms with E-state index in [4.69, 9.17) is 9.97 Å². The van der Waals surface area contributed by atoms with Crippen LogP contribution in [0.5, 0.6) is 0 Å². The molecule has 14 rings (SSSR count). The lowest BCUT2D eigenvalue weighted by molar-refractivity contribution is 1.20. The van der Waals surface area contributed by atoms with Crippen molar-refractivity contribution in [3.05, 3.63) is 237 Å². The zero-order valence-corrected chi connectivity index (χ0v) is 36.4. The van der Waals surface area contributed by atoms with Gasteiger partial charge in [-0.05, 0) is 95.3 Å². The van der Waals surface area contributed by atoms with Crippen LogP contribution in [0.4, 0.5) is 0 Å².